The molecule has 0 saturated carbocycles. The van der Waals surface area contributed by atoms with Crippen molar-refractivity contribution in [2.45, 2.75) is 39.8 Å². The van der Waals surface area contributed by atoms with Gasteiger partial charge in [0.15, 0.2) is 0 Å². The van der Waals surface area contributed by atoms with Crippen LogP contribution in [0.25, 0.3) is 0 Å². The Hall–Kier alpha value is -0.380. The first kappa shape index (κ1) is 16.7. The molecular formula is C15H24ClNOS. The molecule has 0 heterocycles. The van der Waals surface area contributed by atoms with Gasteiger partial charge in [0.1, 0.15) is 5.75 Å². The van der Waals surface area contributed by atoms with Crippen LogP contribution in [0.5, 0.6) is 5.75 Å². The Morgan fingerprint density at radius 2 is 2.05 bits per heavy atom. The van der Waals surface area contributed by atoms with Gasteiger partial charge in [-0.15, -0.1) is 0 Å². The number of thioether (sulfide) groups is 1. The van der Waals surface area contributed by atoms with E-state index in [0.717, 1.165) is 29.4 Å². The third-order valence-electron chi connectivity index (χ3n) is 2.54. The molecule has 0 fully saturated rings. The predicted octanol–water partition coefficient (Wildman–Crippen LogP) is 4.36. The molecule has 0 spiro atoms. The Balaban J connectivity index is 2.66. The SMILES string of the molecule is CCSCCOc1c(Cl)cccc1CNC(C)(C)C. The highest BCUT2D eigenvalue weighted by Gasteiger charge is 2.13. The molecule has 0 unspecified atom stereocenters. The summed E-state index contributed by atoms with van der Waals surface area (Å²) in [5.74, 6) is 2.93. The van der Waals surface area contributed by atoms with E-state index in [1.807, 2.05) is 23.9 Å². The summed E-state index contributed by atoms with van der Waals surface area (Å²) in [6, 6.07) is 5.91. The van der Waals surface area contributed by atoms with E-state index in [2.05, 4.69) is 39.1 Å². The van der Waals surface area contributed by atoms with Crippen LogP contribution in [0.4, 0.5) is 0 Å². The van der Waals surface area contributed by atoms with Crippen molar-refractivity contribution in [1.29, 1.82) is 0 Å². The summed E-state index contributed by atoms with van der Waals surface area (Å²) >= 11 is 8.11. The summed E-state index contributed by atoms with van der Waals surface area (Å²) in [6.45, 7) is 10.1. The van der Waals surface area contributed by atoms with Crippen LogP contribution in [0.3, 0.4) is 0 Å². The molecule has 0 aromatic heterocycles. The van der Waals surface area contributed by atoms with Gasteiger partial charge in [0.05, 0.1) is 11.6 Å². The molecule has 1 aromatic rings. The Bertz CT molecular complexity index is 390. The fraction of sp³-hybridized carbons (Fsp3) is 0.600. The van der Waals surface area contributed by atoms with Crippen LogP contribution in [0.1, 0.15) is 33.3 Å². The fourth-order valence-corrected chi connectivity index (χ4v) is 2.30. The number of nitrogens with one attached hydrogen (secondary N) is 1. The molecule has 2 nitrogen and oxygen atoms in total. The zero-order valence-corrected chi connectivity index (χ0v) is 13.8. The zero-order chi connectivity index (χ0) is 14.3. The lowest BCUT2D eigenvalue weighted by atomic mass is 10.1. The molecule has 108 valence electrons. The van der Waals surface area contributed by atoms with Gasteiger partial charge in [0.25, 0.3) is 0 Å². The van der Waals surface area contributed by atoms with Crippen molar-refractivity contribution >= 4 is 23.4 Å². The summed E-state index contributed by atoms with van der Waals surface area (Å²) in [6.07, 6.45) is 0. The van der Waals surface area contributed by atoms with E-state index in [0.29, 0.717) is 11.6 Å². The van der Waals surface area contributed by atoms with E-state index in [4.69, 9.17) is 16.3 Å². The first-order valence-corrected chi connectivity index (χ1v) is 8.20. The normalized spacial score (nSPS) is 11.6. The van der Waals surface area contributed by atoms with Gasteiger partial charge in [0.2, 0.25) is 0 Å². The maximum absolute atomic E-state index is 6.23. The molecule has 0 aliphatic carbocycles. The van der Waals surface area contributed by atoms with Crippen molar-refractivity contribution in [3.8, 4) is 5.75 Å². The molecule has 1 aromatic carbocycles. The number of hydrogen-bond donors (Lipinski definition) is 1. The van der Waals surface area contributed by atoms with Crippen LogP contribution in [-0.4, -0.2) is 23.7 Å². The van der Waals surface area contributed by atoms with Crippen molar-refractivity contribution in [1.82, 2.24) is 5.32 Å². The third-order valence-corrected chi connectivity index (χ3v) is 3.70. The van der Waals surface area contributed by atoms with Gasteiger partial charge in [-0.3, -0.25) is 0 Å². The number of hydrogen-bond acceptors (Lipinski definition) is 3. The van der Waals surface area contributed by atoms with Crippen molar-refractivity contribution < 1.29 is 4.74 Å². The zero-order valence-electron chi connectivity index (χ0n) is 12.3. The molecule has 4 heteroatoms. The lowest BCUT2D eigenvalue weighted by Crippen LogP contribution is -2.35. The highest BCUT2D eigenvalue weighted by Crippen LogP contribution is 2.29. The standard InChI is InChI=1S/C15H24ClNOS/c1-5-19-10-9-18-14-12(7-6-8-13(14)16)11-17-15(2,3)4/h6-8,17H,5,9-11H2,1-4H3. The van der Waals surface area contributed by atoms with Gasteiger partial charge in [-0.25, -0.2) is 0 Å². The molecule has 19 heavy (non-hydrogen) atoms. The average Bonchev–Trinajstić information content (AvgIpc) is 2.33. The minimum absolute atomic E-state index is 0.0810. The van der Waals surface area contributed by atoms with Crippen LogP contribution in [0.2, 0.25) is 5.02 Å². The Morgan fingerprint density at radius 3 is 2.68 bits per heavy atom. The topological polar surface area (TPSA) is 21.3 Å². The van der Waals surface area contributed by atoms with Gasteiger partial charge in [-0.05, 0) is 32.6 Å². The number of benzene rings is 1. The molecule has 0 amide bonds. The fourth-order valence-electron chi connectivity index (χ4n) is 1.56. The lowest BCUT2D eigenvalue weighted by Gasteiger charge is -2.22. The highest BCUT2D eigenvalue weighted by atomic mass is 35.5. The van der Waals surface area contributed by atoms with Crippen molar-refractivity contribution in [3.63, 3.8) is 0 Å². The molecule has 0 aliphatic heterocycles. The average molecular weight is 302 g/mol. The summed E-state index contributed by atoms with van der Waals surface area (Å²) in [5, 5.41) is 4.15. The van der Waals surface area contributed by atoms with Crippen molar-refractivity contribution in [3.05, 3.63) is 28.8 Å². The van der Waals surface area contributed by atoms with Crippen LogP contribution >= 0.6 is 23.4 Å². The first-order valence-electron chi connectivity index (χ1n) is 6.67. The molecule has 0 saturated heterocycles. The Morgan fingerprint density at radius 1 is 1.32 bits per heavy atom. The molecule has 0 aliphatic rings. The lowest BCUT2D eigenvalue weighted by molar-refractivity contribution is 0.336. The number of rotatable bonds is 7. The number of para-hydroxylation sites is 1. The van der Waals surface area contributed by atoms with E-state index in [9.17, 15) is 0 Å². The molecule has 1 N–H and O–H groups in total. The molecule has 1 rings (SSSR count). The van der Waals surface area contributed by atoms with Gasteiger partial charge in [-0.1, -0.05) is 30.7 Å². The highest BCUT2D eigenvalue weighted by molar-refractivity contribution is 7.99. The first-order chi connectivity index (χ1) is 8.94. The second kappa shape index (κ2) is 8.03. The van der Waals surface area contributed by atoms with E-state index < -0.39 is 0 Å². The van der Waals surface area contributed by atoms with Crippen LogP contribution in [0, 0.1) is 0 Å². The smallest absolute Gasteiger partial charge is 0.142 e. The van der Waals surface area contributed by atoms with E-state index in [1.54, 1.807) is 0 Å². The molecule has 0 radical (unpaired) electrons. The van der Waals surface area contributed by atoms with Crippen LogP contribution in [-0.2, 0) is 6.54 Å². The minimum Gasteiger partial charge on any atom is -0.491 e. The summed E-state index contributed by atoms with van der Waals surface area (Å²) < 4.78 is 5.84. The summed E-state index contributed by atoms with van der Waals surface area (Å²) in [5.41, 5.74) is 1.20. The predicted molar refractivity (Wildman–Crippen MR) is 86.5 cm³/mol. The van der Waals surface area contributed by atoms with Gasteiger partial charge >= 0.3 is 0 Å². The van der Waals surface area contributed by atoms with E-state index >= 15 is 0 Å². The van der Waals surface area contributed by atoms with Crippen LogP contribution < -0.4 is 10.1 Å². The van der Waals surface area contributed by atoms with E-state index in [-0.39, 0.29) is 5.54 Å². The van der Waals surface area contributed by atoms with Crippen molar-refractivity contribution in [2.75, 3.05) is 18.1 Å². The van der Waals surface area contributed by atoms with E-state index in [1.165, 1.54) is 0 Å². The third kappa shape index (κ3) is 6.55. The minimum atomic E-state index is 0.0810. The number of halogens is 1. The van der Waals surface area contributed by atoms with Gasteiger partial charge in [0, 0.05) is 23.4 Å². The maximum atomic E-state index is 6.23. The monoisotopic (exact) mass is 301 g/mol. The van der Waals surface area contributed by atoms with Crippen molar-refractivity contribution in [2.24, 2.45) is 0 Å². The number of ether oxygens (including phenoxy) is 1. The molecule has 0 atom stereocenters. The Labute approximate surface area is 126 Å². The van der Waals surface area contributed by atoms with Gasteiger partial charge in [-0.2, -0.15) is 11.8 Å². The Kier molecular flexibility index (Phi) is 7.05. The van der Waals surface area contributed by atoms with Crippen LogP contribution in [0.15, 0.2) is 18.2 Å². The second-order valence-corrected chi connectivity index (χ2v) is 7.18. The quantitative estimate of drug-likeness (QED) is 0.756. The molecule has 0 bridgehead atoms. The van der Waals surface area contributed by atoms with Gasteiger partial charge < -0.3 is 10.1 Å². The molecular weight excluding hydrogens is 278 g/mol. The maximum Gasteiger partial charge on any atom is 0.142 e. The summed E-state index contributed by atoms with van der Waals surface area (Å²) in [4.78, 5) is 0. The largest absolute Gasteiger partial charge is 0.491 e. The second-order valence-electron chi connectivity index (χ2n) is 5.38. The summed E-state index contributed by atoms with van der Waals surface area (Å²) in [7, 11) is 0.